The Kier molecular flexibility index (Phi) is 6.34. The van der Waals surface area contributed by atoms with Gasteiger partial charge in [0.05, 0.1) is 35.1 Å². The number of nitrogens with two attached hydrogens (primary N) is 1. The summed E-state index contributed by atoms with van der Waals surface area (Å²) in [5.74, 6) is 1.21. The van der Waals surface area contributed by atoms with Gasteiger partial charge in [-0.3, -0.25) is 9.88 Å². The van der Waals surface area contributed by atoms with Crippen molar-refractivity contribution in [2.24, 2.45) is 0 Å². The number of rotatable bonds is 8. The van der Waals surface area contributed by atoms with Gasteiger partial charge in [0.25, 0.3) is 0 Å². The molecule has 0 radical (unpaired) electrons. The van der Waals surface area contributed by atoms with Gasteiger partial charge in [0.2, 0.25) is 5.95 Å². The Labute approximate surface area is 193 Å². The number of likely N-dealkylation sites (tertiary alicyclic amines) is 1. The normalized spacial score (nSPS) is 18.8. The van der Waals surface area contributed by atoms with Crippen molar-refractivity contribution < 1.29 is 9.47 Å². The lowest BCUT2D eigenvalue weighted by Crippen LogP contribution is -2.51. The van der Waals surface area contributed by atoms with Crippen molar-refractivity contribution in [2.45, 2.75) is 25.2 Å². The molecule has 172 valence electrons. The number of hydrogen-bond acceptors (Lipinski definition) is 9. The van der Waals surface area contributed by atoms with Crippen LogP contribution in [0.4, 0.5) is 17.3 Å². The lowest BCUT2D eigenvalue weighted by molar-refractivity contribution is -0.0339. The number of ether oxygens (including phenoxy) is 2. The maximum atomic E-state index is 6.25. The summed E-state index contributed by atoms with van der Waals surface area (Å²) < 4.78 is 11.3. The monoisotopic (exact) mass is 447 g/mol. The quantitative estimate of drug-likeness (QED) is 0.448. The van der Waals surface area contributed by atoms with E-state index in [-0.39, 0.29) is 6.10 Å². The van der Waals surface area contributed by atoms with E-state index in [1.807, 2.05) is 36.4 Å². The number of nitrogens with zero attached hydrogens (tertiary/aromatic N) is 4. The zero-order valence-electron chi connectivity index (χ0n) is 18.7. The molecule has 0 saturated carbocycles. The molecule has 0 amide bonds. The van der Waals surface area contributed by atoms with Gasteiger partial charge in [-0.2, -0.15) is 0 Å². The van der Waals surface area contributed by atoms with Crippen LogP contribution in [0.1, 0.15) is 12.1 Å². The highest BCUT2D eigenvalue weighted by molar-refractivity contribution is 5.69. The minimum Gasteiger partial charge on any atom is -0.487 e. The Morgan fingerprint density at radius 1 is 1.15 bits per heavy atom. The van der Waals surface area contributed by atoms with E-state index in [1.54, 1.807) is 19.5 Å². The Hall–Kier alpha value is -3.27. The van der Waals surface area contributed by atoms with E-state index in [2.05, 4.69) is 30.5 Å². The molecule has 4 heterocycles. The molecule has 0 spiro atoms. The van der Waals surface area contributed by atoms with Crippen molar-refractivity contribution in [3.63, 3.8) is 0 Å². The largest absolute Gasteiger partial charge is 0.487 e. The molecule has 3 aromatic rings. The molecule has 0 aliphatic carbocycles. The first-order valence-corrected chi connectivity index (χ1v) is 11.2. The molecule has 0 unspecified atom stereocenters. The van der Waals surface area contributed by atoms with Crippen molar-refractivity contribution in [1.82, 2.24) is 25.2 Å². The highest BCUT2D eigenvalue weighted by Crippen LogP contribution is 2.29. The fourth-order valence-electron chi connectivity index (χ4n) is 4.05. The highest BCUT2D eigenvalue weighted by Gasteiger charge is 2.26. The first kappa shape index (κ1) is 21.6. The predicted molar refractivity (Wildman–Crippen MR) is 127 cm³/mol. The van der Waals surface area contributed by atoms with Gasteiger partial charge in [-0.25, -0.2) is 9.97 Å². The first-order valence-electron chi connectivity index (χ1n) is 11.2. The van der Waals surface area contributed by atoms with Gasteiger partial charge in [0.15, 0.2) is 0 Å². The van der Waals surface area contributed by atoms with Crippen LogP contribution in [0.25, 0.3) is 11.3 Å². The second kappa shape index (κ2) is 9.70. The number of benzene rings is 1. The molecule has 9 nitrogen and oxygen atoms in total. The molecule has 1 atom stereocenters. The predicted octanol–water partition coefficient (Wildman–Crippen LogP) is 2.44. The van der Waals surface area contributed by atoms with Crippen molar-refractivity contribution >= 4 is 17.3 Å². The third kappa shape index (κ3) is 5.22. The Morgan fingerprint density at radius 3 is 2.79 bits per heavy atom. The van der Waals surface area contributed by atoms with E-state index >= 15 is 0 Å². The first-order chi connectivity index (χ1) is 16.2. The van der Waals surface area contributed by atoms with Crippen LogP contribution >= 0.6 is 0 Å². The average Bonchev–Trinajstić information content (AvgIpc) is 3.32. The molecular formula is C24H29N7O2. The van der Waals surface area contributed by atoms with E-state index in [4.69, 9.17) is 15.2 Å². The second-order valence-electron chi connectivity index (χ2n) is 8.47. The molecule has 2 aliphatic rings. The van der Waals surface area contributed by atoms with Gasteiger partial charge in [-0.1, -0.05) is 0 Å². The summed E-state index contributed by atoms with van der Waals surface area (Å²) in [4.78, 5) is 15.9. The minimum atomic E-state index is 0.168. The third-order valence-corrected chi connectivity index (χ3v) is 5.99. The van der Waals surface area contributed by atoms with Crippen LogP contribution in [0.2, 0.25) is 0 Å². The Balaban J connectivity index is 1.22. The van der Waals surface area contributed by atoms with Crippen LogP contribution in [0, 0.1) is 0 Å². The maximum Gasteiger partial charge on any atom is 0.227 e. The van der Waals surface area contributed by atoms with Gasteiger partial charge in [-0.05, 0) is 49.4 Å². The summed E-state index contributed by atoms with van der Waals surface area (Å²) in [6.07, 6.45) is 5.04. The summed E-state index contributed by atoms with van der Waals surface area (Å²) in [6, 6.07) is 11.7. The fourth-order valence-corrected chi connectivity index (χ4v) is 4.05. The molecule has 2 aliphatic heterocycles. The zero-order valence-corrected chi connectivity index (χ0v) is 18.7. The fraction of sp³-hybridized carbons (Fsp3) is 0.375. The van der Waals surface area contributed by atoms with Gasteiger partial charge < -0.3 is 25.8 Å². The number of anilines is 3. The molecule has 4 N–H and O–H groups in total. The number of methoxy groups -OCH3 is 1. The van der Waals surface area contributed by atoms with E-state index in [1.165, 1.54) is 0 Å². The summed E-state index contributed by atoms with van der Waals surface area (Å²) in [5.41, 5.74) is 10.4. The van der Waals surface area contributed by atoms with Gasteiger partial charge in [0.1, 0.15) is 11.9 Å². The summed E-state index contributed by atoms with van der Waals surface area (Å²) in [5, 5.41) is 6.53. The highest BCUT2D eigenvalue weighted by atomic mass is 16.5. The number of pyridine rings is 1. The number of hydrogen-bond donors (Lipinski definition) is 3. The number of aromatic nitrogens is 3. The molecule has 1 aromatic carbocycles. The average molecular weight is 448 g/mol. The molecule has 5 rings (SSSR count). The van der Waals surface area contributed by atoms with Crippen LogP contribution < -0.4 is 21.1 Å². The van der Waals surface area contributed by atoms with Crippen molar-refractivity contribution in [1.29, 1.82) is 0 Å². The van der Waals surface area contributed by atoms with Crippen molar-refractivity contribution in [3.05, 3.63) is 54.5 Å². The smallest absolute Gasteiger partial charge is 0.227 e. The van der Waals surface area contributed by atoms with Crippen molar-refractivity contribution in [2.75, 3.05) is 44.3 Å². The lowest BCUT2D eigenvalue weighted by atomic mass is 10.1. The Bertz CT molecular complexity index is 1080. The van der Waals surface area contributed by atoms with Gasteiger partial charge in [0, 0.05) is 45.0 Å². The lowest BCUT2D eigenvalue weighted by Gasteiger charge is -2.37. The van der Waals surface area contributed by atoms with Gasteiger partial charge in [-0.15, -0.1) is 0 Å². The van der Waals surface area contributed by atoms with Crippen molar-refractivity contribution in [3.8, 4) is 17.0 Å². The summed E-state index contributed by atoms with van der Waals surface area (Å²) in [7, 11) is 1.76. The van der Waals surface area contributed by atoms with E-state index in [9.17, 15) is 0 Å². The topological polar surface area (TPSA) is 110 Å². The Morgan fingerprint density at radius 2 is 2.06 bits per heavy atom. The van der Waals surface area contributed by atoms with E-state index < -0.39 is 0 Å². The van der Waals surface area contributed by atoms with Crippen LogP contribution in [-0.2, 0) is 11.3 Å². The standard InChI is InChI=1S/C24H29N7O2/c1-32-20-14-31(15-20)13-18-4-3-17(11-28-18)29-24-27-9-7-22(30-24)16-2-5-23(21(25)10-16)33-19-6-8-26-12-19/h2-5,7,9-11,19-20,26H,6,8,12-15,25H2,1H3,(H,27,29,30)/t19-/m1/s1. The molecule has 2 fully saturated rings. The maximum absolute atomic E-state index is 6.25. The second-order valence-corrected chi connectivity index (χ2v) is 8.47. The molecule has 2 aromatic heterocycles. The van der Waals surface area contributed by atoms with Crippen LogP contribution in [0.3, 0.4) is 0 Å². The third-order valence-electron chi connectivity index (χ3n) is 5.99. The van der Waals surface area contributed by atoms with E-state index in [0.29, 0.717) is 23.5 Å². The van der Waals surface area contributed by atoms with Crippen LogP contribution in [-0.4, -0.2) is 65.3 Å². The van der Waals surface area contributed by atoms with Crippen LogP contribution in [0.5, 0.6) is 5.75 Å². The van der Waals surface area contributed by atoms with Crippen LogP contribution in [0.15, 0.2) is 48.8 Å². The zero-order chi connectivity index (χ0) is 22.6. The summed E-state index contributed by atoms with van der Waals surface area (Å²) in [6.45, 7) is 4.56. The number of nitrogen functional groups attached to an aromatic ring is 1. The van der Waals surface area contributed by atoms with Gasteiger partial charge >= 0.3 is 0 Å². The van der Waals surface area contributed by atoms with E-state index in [0.717, 1.165) is 61.8 Å². The summed E-state index contributed by atoms with van der Waals surface area (Å²) >= 11 is 0. The molecule has 2 saturated heterocycles. The minimum absolute atomic E-state index is 0.168. The molecule has 33 heavy (non-hydrogen) atoms. The number of nitrogens with one attached hydrogen (secondary N) is 2. The molecule has 9 heteroatoms. The molecular weight excluding hydrogens is 418 g/mol. The molecule has 0 bridgehead atoms. The SMILES string of the molecule is COC1CN(Cc2ccc(Nc3nccc(-c4ccc(O[C@@H]5CCNC5)c(N)c4)n3)cn2)C1.